The minimum atomic E-state index is 1.09. The first-order valence-electron chi connectivity index (χ1n) is 2.21. The molecule has 0 heterocycles. The summed E-state index contributed by atoms with van der Waals surface area (Å²) in [6.45, 7) is 2.09. The minimum absolute atomic E-state index is 1.09. The molecular weight excluding hydrogens is 108 g/mol. The number of hydrogen-bond donors (Lipinski definition) is 1. The van der Waals surface area contributed by atoms with Gasteiger partial charge in [0.2, 0.25) is 0 Å². The lowest BCUT2D eigenvalue weighted by Crippen LogP contribution is -1.91. The highest BCUT2D eigenvalue weighted by Gasteiger charge is 1.67. The third-order valence-electron chi connectivity index (χ3n) is 0.423. The van der Waals surface area contributed by atoms with Crippen LogP contribution in [0, 0.1) is 0 Å². The van der Waals surface area contributed by atoms with Crippen LogP contribution >= 0.6 is 11.8 Å². The minimum Gasteiger partial charge on any atom is -0.313 e. The number of hydrogen-bond acceptors (Lipinski definition) is 3. The van der Waals surface area contributed by atoms with Gasteiger partial charge in [0.25, 0.3) is 0 Å². The van der Waals surface area contributed by atoms with E-state index in [1.807, 2.05) is 0 Å². The van der Waals surface area contributed by atoms with E-state index in [2.05, 4.69) is 17.5 Å². The van der Waals surface area contributed by atoms with Crippen molar-refractivity contribution in [3.05, 3.63) is 0 Å². The largest absolute Gasteiger partial charge is 0.313 e. The van der Waals surface area contributed by atoms with Crippen molar-refractivity contribution in [3.8, 4) is 0 Å². The van der Waals surface area contributed by atoms with Gasteiger partial charge in [-0.1, -0.05) is 6.92 Å². The van der Waals surface area contributed by atoms with Crippen LogP contribution in [0.5, 0.6) is 0 Å². The van der Waals surface area contributed by atoms with Crippen LogP contribution < -0.4 is 5.43 Å². The smallest absolute Gasteiger partial charge is 0.0797 e. The van der Waals surface area contributed by atoms with Gasteiger partial charge in [0.05, 0.1) is 5.55 Å². The van der Waals surface area contributed by atoms with E-state index in [-0.39, 0.29) is 0 Å². The fourth-order valence-electron chi connectivity index (χ4n) is 0.165. The highest BCUT2D eigenvalue weighted by molar-refractivity contribution is 8.12. The van der Waals surface area contributed by atoms with Gasteiger partial charge in [0, 0.05) is 7.05 Å². The highest BCUT2D eigenvalue weighted by atomic mass is 32.2. The molecule has 0 atom stereocenters. The molecule has 0 saturated heterocycles. The van der Waals surface area contributed by atoms with Gasteiger partial charge in [-0.2, -0.15) is 5.10 Å². The van der Waals surface area contributed by atoms with Crippen LogP contribution in [0.4, 0.5) is 0 Å². The summed E-state index contributed by atoms with van der Waals surface area (Å²) in [7, 11) is 1.78. The van der Waals surface area contributed by atoms with Crippen LogP contribution in [-0.2, 0) is 0 Å². The third-order valence-corrected chi connectivity index (χ3v) is 1.01. The highest BCUT2D eigenvalue weighted by Crippen LogP contribution is 1.88. The van der Waals surface area contributed by atoms with E-state index in [9.17, 15) is 0 Å². The quantitative estimate of drug-likeness (QED) is 0.338. The summed E-state index contributed by atoms with van der Waals surface area (Å²) in [5, 5.41) is 3.75. The van der Waals surface area contributed by atoms with Gasteiger partial charge in [-0.15, -0.1) is 11.8 Å². The average molecular weight is 118 g/mol. The summed E-state index contributed by atoms with van der Waals surface area (Å²) >= 11 is 1.68. The van der Waals surface area contributed by atoms with Crippen molar-refractivity contribution < 1.29 is 0 Å². The molecule has 1 N–H and O–H groups in total. The number of nitrogens with one attached hydrogen (secondary N) is 1. The Morgan fingerprint density at radius 3 is 3.00 bits per heavy atom. The van der Waals surface area contributed by atoms with Gasteiger partial charge in [0.15, 0.2) is 0 Å². The van der Waals surface area contributed by atoms with Gasteiger partial charge >= 0.3 is 0 Å². The summed E-state index contributed by atoms with van der Waals surface area (Å²) in [6, 6.07) is 0. The zero-order valence-corrected chi connectivity index (χ0v) is 5.46. The molecule has 0 aromatic heterocycles. The fraction of sp³-hybridized carbons (Fsp3) is 0.750. The average Bonchev–Trinajstić information content (AvgIpc) is 1.69. The molecule has 0 bridgehead atoms. The molecule has 0 radical (unpaired) electrons. The fourth-order valence-corrected chi connectivity index (χ4v) is 0.494. The van der Waals surface area contributed by atoms with Crippen molar-refractivity contribution in [3.63, 3.8) is 0 Å². The van der Waals surface area contributed by atoms with Crippen LogP contribution in [-0.4, -0.2) is 18.3 Å². The summed E-state index contributed by atoms with van der Waals surface area (Å²) in [6.07, 6.45) is 0. The van der Waals surface area contributed by atoms with Gasteiger partial charge in [-0.3, -0.25) is 0 Å². The lowest BCUT2D eigenvalue weighted by molar-refractivity contribution is 0.911. The maximum absolute atomic E-state index is 3.75. The van der Waals surface area contributed by atoms with Crippen LogP contribution in [0.25, 0.3) is 0 Å². The lowest BCUT2D eigenvalue weighted by atomic mass is 11.0. The van der Waals surface area contributed by atoms with Gasteiger partial charge < -0.3 is 5.43 Å². The van der Waals surface area contributed by atoms with Crippen molar-refractivity contribution in [1.82, 2.24) is 5.43 Å². The number of nitrogens with zero attached hydrogens (tertiary/aromatic N) is 1. The zero-order chi connectivity index (χ0) is 5.54. The Balaban J connectivity index is 2.78. The molecule has 2 nitrogen and oxygen atoms in total. The first-order valence-corrected chi connectivity index (χ1v) is 3.26. The predicted octanol–water partition coefficient (Wildman–Crippen LogP) is 0.902. The third kappa shape index (κ3) is 5.82. The van der Waals surface area contributed by atoms with Gasteiger partial charge in [-0.05, 0) is 5.75 Å². The molecule has 0 amide bonds. The van der Waals surface area contributed by atoms with Crippen molar-refractivity contribution in [2.24, 2.45) is 5.10 Å². The van der Waals surface area contributed by atoms with Crippen LogP contribution in [0.15, 0.2) is 5.10 Å². The molecule has 42 valence electrons. The Hall–Kier alpha value is -0.180. The second-order valence-corrected chi connectivity index (χ2v) is 2.03. The zero-order valence-electron chi connectivity index (χ0n) is 4.64. The monoisotopic (exact) mass is 118 g/mol. The van der Waals surface area contributed by atoms with Crippen LogP contribution in [0.2, 0.25) is 0 Å². The normalized spacial score (nSPS) is 10.0. The molecular formula is C4H10N2S. The molecule has 0 rings (SSSR count). The molecule has 0 aromatic carbocycles. The van der Waals surface area contributed by atoms with Crippen molar-refractivity contribution in [2.45, 2.75) is 6.92 Å². The first-order chi connectivity index (χ1) is 3.41. The van der Waals surface area contributed by atoms with E-state index >= 15 is 0 Å². The summed E-state index contributed by atoms with van der Waals surface area (Å²) < 4.78 is 0. The molecule has 0 saturated carbocycles. The van der Waals surface area contributed by atoms with Crippen molar-refractivity contribution >= 4 is 17.3 Å². The number of hydrazone groups is 1. The standard InChI is InChI=1S/C4H10N2S/c1-3-7-4-6-5-2/h4-5H,3H2,1-2H3. The van der Waals surface area contributed by atoms with Crippen molar-refractivity contribution in [1.29, 1.82) is 0 Å². The topological polar surface area (TPSA) is 24.4 Å². The molecule has 0 fully saturated rings. The van der Waals surface area contributed by atoms with E-state index in [1.54, 1.807) is 24.4 Å². The van der Waals surface area contributed by atoms with Gasteiger partial charge in [-0.25, -0.2) is 0 Å². The Labute approximate surface area is 48.4 Å². The van der Waals surface area contributed by atoms with E-state index < -0.39 is 0 Å². The molecule has 0 aliphatic rings. The number of thioether (sulfide) groups is 1. The maximum atomic E-state index is 3.75. The Bertz CT molecular complexity index is 53.7. The summed E-state index contributed by atoms with van der Waals surface area (Å²) in [5.41, 5.74) is 4.44. The molecule has 7 heavy (non-hydrogen) atoms. The van der Waals surface area contributed by atoms with E-state index in [4.69, 9.17) is 0 Å². The molecule has 0 aromatic rings. The van der Waals surface area contributed by atoms with Gasteiger partial charge in [0.1, 0.15) is 0 Å². The lowest BCUT2D eigenvalue weighted by Gasteiger charge is -1.82. The Morgan fingerprint density at radius 1 is 1.86 bits per heavy atom. The molecule has 0 unspecified atom stereocenters. The SMILES string of the molecule is CCSC=NNC. The molecule has 3 heteroatoms. The summed E-state index contributed by atoms with van der Waals surface area (Å²) in [5.74, 6) is 1.09. The Kier molecular flexibility index (Phi) is 5.67. The van der Waals surface area contributed by atoms with E-state index in [0.29, 0.717) is 0 Å². The first kappa shape index (κ1) is 6.82. The van der Waals surface area contributed by atoms with E-state index in [0.717, 1.165) is 5.75 Å². The predicted molar refractivity (Wildman–Crippen MR) is 35.7 cm³/mol. The number of rotatable bonds is 3. The van der Waals surface area contributed by atoms with E-state index in [1.165, 1.54) is 0 Å². The van der Waals surface area contributed by atoms with Crippen LogP contribution in [0.3, 0.4) is 0 Å². The Morgan fingerprint density at radius 2 is 2.57 bits per heavy atom. The second-order valence-electron chi connectivity index (χ2n) is 0.913. The molecule has 0 spiro atoms. The second kappa shape index (κ2) is 5.82. The van der Waals surface area contributed by atoms with Crippen LogP contribution in [0.1, 0.15) is 6.92 Å². The van der Waals surface area contributed by atoms with Crippen molar-refractivity contribution in [2.75, 3.05) is 12.8 Å². The maximum Gasteiger partial charge on any atom is 0.0797 e. The molecule has 0 aliphatic carbocycles. The summed E-state index contributed by atoms with van der Waals surface area (Å²) in [4.78, 5) is 0. The molecule has 0 aliphatic heterocycles.